The second kappa shape index (κ2) is 9.59. The van der Waals surface area contributed by atoms with Crippen LogP contribution in [0.3, 0.4) is 0 Å². The molecule has 0 aliphatic heterocycles. The molecule has 27 heavy (non-hydrogen) atoms. The number of carbonyl (C=O) groups excluding carboxylic acids is 1. The van der Waals surface area contributed by atoms with E-state index in [-0.39, 0.29) is 15.5 Å². The van der Waals surface area contributed by atoms with Crippen molar-refractivity contribution in [3.63, 3.8) is 0 Å². The number of nitrogens with one attached hydrogen (secondary N) is 1. The Morgan fingerprint density at radius 2 is 1.93 bits per heavy atom. The van der Waals surface area contributed by atoms with E-state index in [9.17, 15) is 13.2 Å². The molecule has 1 amide bonds. The summed E-state index contributed by atoms with van der Waals surface area (Å²) in [4.78, 5) is 12.4. The minimum Gasteiger partial charge on any atom is -0.296 e. The van der Waals surface area contributed by atoms with Crippen molar-refractivity contribution in [1.82, 2.24) is 14.5 Å². The van der Waals surface area contributed by atoms with Gasteiger partial charge in [-0.2, -0.15) is 4.31 Å². The Hall–Kier alpha value is -1.55. The molecule has 0 saturated carbocycles. The molecule has 1 N–H and O–H groups in total. The Morgan fingerprint density at radius 1 is 1.22 bits per heavy atom. The zero-order chi connectivity index (χ0) is 20.0. The van der Waals surface area contributed by atoms with Crippen LogP contribution in [0, 0.1) is 0 Å². The van der Waals surface area contributed by atoms with Crippen molar-refractivity contribution in [3.05, 3.63) is 33.8 Å². The smallest absolute Gasteiger partial charge is 0.257 e. The molecule has 1 heterocycles. The van der Waals surface area contributed by atoms with Crippen LogP contribution >= 0.6 is 22.9 Å². The van der Waals surface area contributed by atoms with E-state index in [4.69, 9.17) is 11.6 Å². The van der Waals surface area contributed by atoms with E-state index in [0.29, 0.717) is 18.2 Å². The van der Waals surface area contributed by atoms with Gasteiger partial charge in [-0.25, -0.2) is 8.42 Å². The Balaban J connectivity index is 2.24. The summed E-state index contributed by atoms with van der Waals surface area (Å²) in [6.45, 7) is 6.22. The number of hydrogen-bond donors (Lipinski definition) is 1. The number of hydrogen-bond acceptors (Lipinski definition) is 6. The summed E-state index contributed by atoms with van der Waals surface area (Å²) in [5.74, 6) is -0.458. The molecule has 0 aliphatic carbocycles. The molecule has 0 unspecified atom stereocenters. The SMILES string of the molecule is CCCCc1nnc(NC(=O)c2ccc(Cl)c(S(=O)(=O)N(CC)CC)c2)s1. The first-order valence-corrected chi connectivity index (χ1v) is 11.4. The monoisotopic (exact) mass is 430 g/mol. The van der Waals surface area contributed by atoms with Crippen LogP contribution in [0.1, 0.15) is 49.0 Å². The summed E-state index contributed by atoms with van der Waals surface area (Å²) >= 11 is 7.41. The molecule has 2 rings (SSSR count). The highest BCUT2D eigenvalue weighted by Gasteiger charge is 2.25. The van der Waals surface area contributed by atoms with Crippen molar-refractivity contribution >= 4 is 44.0 Å². The van der Waals surface area contributed by atoms with E-state index < -0.39 is 15.9 Å². The van der Waals surface area contributed by atoms with E-state index >= 15 is 0 Å². The first-order valence-electron chi connectivity index (χ1n) is 8.76. The van der Waals surface area contributed by atoms with Crippen molar-refractivity contribution in [2.24, 2.45) is 0 Å². The van der Waals surface area contributed by atoms with E-state index in [1.807, 2.05) is 0 Å². The molecular weight excluding hydrogens is 408 g/mol. The zero-order valence-electron chi connectivity index (χ0n) is 15.5. The number of unbranched alkanes of at least 4 members (excludes halogenated alkanes) is 1. The van der Waals surface area contributed by atoms with Gasteiger partial charge in [0.05, 0.1) is 5.02 Å². The Labute approximate surface area is 168 Å². The van der Waals surface area contributed by atoms with Gasteiger partial charge in [0, 0.05) is 25.1 Å². The molecule has 148 valence electrons. The summed E-state index contributed by atoms with van der Waals surface area (Å²) < 4.78 is 26.8. The number of rotatable bonds is 9. The van der Waals surface area contributed by atoms with Crippen LogP contribution in [0.15, 0.2) is 23.1 Å². The third kappa shape index (κ3) is 5.25. The van der Waals surface area contributed by atoms with E-state index in [2.05, 4.69) is 22.4 Å². The van der Waals surface area contributed by atoms with E-state index in [0.717, 1.165) is 24.3 Å². The summed E-state index contributed by atoms with van der Waals surface area (Å²) in [6.07, 6.45) is 2.87. The Kier molecular flexibility index (Phi) is 7.72. The molecule has 7 nitrogen and oxygen atoms in total. The number of nitrogens with zero attached hydrogens (tertiary/aromatic N) is 3. The van der Waals surface area contributed by atoms with E-state index in [1.54, 1.807) is 13.8 Å². The van der Waals surface area contributed by atoms with Gasteiger partial charge in [-0.1, -0.05) is 50.1 Å². The quantitative estimate of drug-likeness (QED) is 0.652. The highest BCUT2D eigenvalue weighted by Crippen LogP contribution is 2.26. The van der Waals surface area contributed by atoms with Crippen molar-refractivity contribution < 1.29 is 13.2 Å². The van der Waals surface area contributed by atoms with Gasteiger partial charge in [-0.15, -0.1) is 10.2 Å². The number of aryl methyl sites for hydroxylation is 1. The zero-order valence-corrected chi connectivity index (χ0v) is 17.9. The normalized spacial score (nSPS) is 11.7. The molecule has 0 bridgehead atoms. The predicted molar refractivity (Wildman–Crippen MR) is 108 cm³/mol. The number of anilines is 1. The molecule has 2 aromatic rings. The highest BCUT2D eigenvalue weighted by atomic mass is 35.5. The van der Waals surface area contributed by atoms with Crippen molar-refractivity contribution in [2.75, 3.05) is 18.4 Å². The third-order valence-corrected chi connectivity index (χ3v) is 7.38. The van der Waals surface area contributed by atoms with Gasteiger partial charge in [0.2, 0.25) is 15.2 Å². The second-order valence-electron chi connectivity index (χ2n) is 5.79. The minimum atomic E-state index is -3.77. The lowest BCUT2D eigenvalue weighted by Crippen LogP contribution is -2.31. The number of halogens is 1. The largest absolute Gasteiger partial charge is 0.296 e. The fourth-order valence-electron chi connectivity index (χ4n) is 2.45. The fourth-order valence-corrected chi connectivity index (χ4v) is 5.18. The van der Waals surface area contributed by atoms with Crippen LogP contribution in [-0.2, 0) is 16.4 Å². The lowest BCUT2D eigenvalue weighted by atomic mass is 10.2. The maximum absolute atomic E-state index is 12.7. The van der Waals surface area contributed by atoms with Gasteiger partial charge in [-0.3, -0.25) is 10.1 Å². The van der Waals surface area contributed by atoms with Crippen LogP contribution < -0.4 is 5.32 Å². The molecule has 0 fully saturated rings. The lowest BCUT2D eigenvalue weighted by molar-refractivity contribution is 0.102. The van der Waals surface area contributed by atoms with Gasteiger partial charge in [0.15, 0.2) is 0 Å². The molecular formula is C17H23ClN4O3S2. The van der Waals surface area contributed by atoms with Gasteiger partial charge < -0.3 is 0 Å². The summed E-state index contributed by atoms with van der Waals surface area (Å²) in [5, 5.41) is 12.0. The highest BCUT2D eigenvalue weighted by molar-refractivity contribution is 7.89. The van der Waals surface area contributed by atoms with Crippen LogP contribution in [0.5, 0.6) is 0 Å². The number of amides is 1. The summed E-state index contributed by atoms with van der Waals surface area (Å²) in [6, 6.07) is 4.20. The average molecular weight is 431 g/mol. The molecule has 10 heteroatoms. The van der Waals surface area contributed by atoms with Gasteiger partial charge in [-0.05, 0) is 24.6 Å². The Bertz CT molecular complexity index is 895. The second-order valence-corrected chi connectivity index (χ2v) is 9.17. The van der Waals surface area contributed by atoms with Crippen molar-refractivity contribution in [2.45, 2.75) is 44.9 Å². The minimum absolute atomic E-state index is 0.0798. The third-order valence-electron chi connectivity index (χ3n) is 3.95. The van der Waals surface area contributed by atoms with Crippen molar-refractivity contribution in [1.29, 1.82) is 0 Å². The van der Waals surface area contributed by atoms with Crippen LogP contribution in [0.4, 0.5) is 5.13 Å². The summed E-state index contributed by atoms with van der Waals surface area (Å²) in [7, 11) is -3.77. The first kappa shape index (κ1) is 21.7. The molecule has 0 saturated heterocycles. The van der Waals surface area contributed by atoms with Crippen molar-refractivity contribution in [3.8, 4) is 0 Å². The first-order chi connectivity index (χ1) is 12.8. The molecule has 0 spiro atoms. The maximum atomic E-state index is 12.7. The topological polar surface area (TPSA) is 92.3 Å². The maximum Gasteiger partial charge on any atom is 0.257 e. The van der Waals surface area contributed by atoms with Gasteiger partial charge in [0.1, 0.15) is 9.90 Å². The molecule has 0 atom stereocenters. The van der Waals surface area contributed by atoms with Crippen LogP contribution in [0.2, 0.25) is 5.02 Å². The van der Waals surface area contributed by atoms with Crippen LogP contribution in [0.25, 0.3) is 0 Å². The Morgan fingerprint density at radius 3 is 2.56 bits per heavy atom. The molecule has 0 radical (unpaired) electrons. The predicted octanol–water partition coefficient (Wildman–Crippen LogP) is 3.82. The van der Waals surface area contributed by atoms with E-state index in [1.165, 1.54) is 33.8 Å². The molecule has 1 aromatic carbocycles. The summed E-state index contributed by atoms with van der Waals surface area (Å²) in [5.41, 5.74) is 0.190. The number of aromatic nitrogens is 2. The number of sulfonamides is 1. The fraction of sp³-hybridized carbons (Fsp3) is 0.471. The molecule has 0 aliphatic rings. The lowest BCUT2D eigenvalue weighted by Gasteiger charge is -2.19. The number of benzene rings is 1. The van der Waals surface area contributed by atoms with Gasteiger partial charge >= 0.3 is 0 Å². The average Bonchev–Trinajstić information content (AvgIpc) is 3.08. The molecule has 1 aromatic heterocycles. The van der Waals surface area contributed by atoms with Crippen LogP contribution in [-0.4, -0.2) is 41.9 Å². The number of carbonyl (C=O) groups is 1. The van der Waals surface area contributed by atoms with Gasteiger partial charge in [0.25, 0.3) is 5.91 Å². The standard InChI is InChI=1S/C17H23ClN4O3S2/c1-4-7-8-15-20-21-17(26-15)19-16(23)12-9-10-13(18)14(11-12)27(24,25)22(5-2)6-3/h9-11H,4-8H2,1-3H3,(H,19,21,23).